The zero-order valence-electron chi connectivity index (χ0n) is 14.5. The Kier molecular flexibility index (Phi) is 5.34. The van der Waals surface area contributed by atoms with Crippen LogP contribution in [0.25, 0.3) is 0 Å². The van der Waals surface area contributed by atoms with Gasteiger partial charge in [-0.3, -0.25) is 4.79 Å². The molecule has 142 valence electrons. The maximum absolute atomic E-state index is 13.3. The molecule has 0 radical (unpaired) electrons. The lowest BCUT2D eigenvalue weighted by Crippen LogP contribution is -2.46. The number of anilines is 1. The van der Waals surface area contributed by atoms with Gasteiger partial charge in [0.1, 0.15) is 5.82 Å². The monoisotopic (exact) mass is 392 g/mol. The Morgan fingerprint density at radius 3 is 2.85 bits per heavy atom. The van der Waals surface area contributed by atoms with E-state index in [1.54, 1.807) is 18.2 Å². The maximum atomic E-state index is 13.3. The summed E-state index contributed by atoms with van der Waals surface area (Å²) in [5.41, 5.74) is 2.00. The number of nitrogens with zero attached hydrogens (tertiary/aromatic N) is 1. The molecule has 2 amide bonds. The van der Waals surface area contributed by atoms with Crippen molar-refractivity contribution in [1.82, 2.24) is 5.32 Å². The van der Waals surface area contributed by atoms with Gasteiger partial charge >= 0.3 is 6.09 Å². The molecule has 0 aliphatic carbocycles. The van der Waals surface area contributed by atoms with Crippen molar-refractivity contribution in [3.63, 3.8) is 0 Å². The van der Waals surface area contributed by atoms with Crippen molar-refractivity contribution in [2.75, 3.05) is 11.4 Å². The predicted octanol–water partition coefficient (Wildman–Crippen LogP) is 3.14. The molecule has 6 nitrogen and oxygen atoms in total. The highest BCUT2D eigenvalue weighted by molar-refractivity contribution is 6.30. The van der Waals surface area contributed by atoms with Crippen molar-refractivity contribution in [2.45, 2.75) is 25.7 Å². The Balaban J connectivity index is 1.62. The minimum atomic E-state index is -2.24. The van der Waals surface area contributed by atoms with Crippen molar-refractivity contribution in [2.24, 2.45) is 0 Å². The molecule has 2 N–H and O–H groups in total. The SMILES string of the molecule is Cc1cccc(N2CC[C@@](O)(OC(=O)NCc3cc(F)cc(Cl)c3)C2=O)c1. The molecule has 0 unspecified atom stereocenters. The van der Waals surface area contributed by atoms with E-state index in [-0.39, 0.29) is 24.5 Å². The second-order valence-electron chi connectivity index (χ2n) is 6.35. The summed E-state index contributed by atoms with van der Waals surface area (Å²) in [7, 11) is 0. The molecular weight excluding hydrogens is 375 g/mol. The zero-order chi connectivity index (χ0) is 19.6. The van der Waals surface area contributed by atoms with E-state index in [9.17, 15) is 19.1 Å². The van der Waals surface area contributed by atoms with Crippen LogP contribution in [0, 0.1) is 12.7 Å². The van der Waals surface area contributed by atoms with Crippen LogP contribution in [0.4, 0.5) is 14.9 Å². The van der Waals surface area contributed by atoms with Gasteiger partial charge in [0.05, 0.1) is 0 Å². The van der Waals surface area contributed by atoms with E-state index in [1.165, 1.54) is 17.0 Å². The van der Waals surface area contributed by atoms with Gasteiger partial charge in [-0.15, -0.1) is 0 Å². The number of halogens is 2. The number of aliphatic hydroxyl groups is 1. The third kappa shape index (κ3) is 4.37. The zero-order valence-corrected chi connectivity index (χ0v) is 15.3. The Morgan fingerprint density at radius 1 is 1.37 bits per heavy atom. The Morgan fingerprint density at radius 2 is 2.15 bits per heavy atom. The van der Waals surface area contributed by atoms with Crippen molar-refractivity contribution in [1.29, 1.82) is 0 Å². The number of nitrogens with one attached hydrogen (secondary N) is 1. The molecule has 0 spiro atoms. The van der Waals surface area contributed by atoms with Crippen LogP contribution in [0.2, 0.25) is 5.02 Å². The molecule has 1 atom stereocenters. The predicted molar refractivity (Wildman–Crippen MR) is 97.8 cm³/mol. The first kappa shape index (κ1) is 19.1. The molecule has 1 heterocycles. The topological polar surface area (TPSA) is 78.9 Å². The van der Waals surface area contributed by atoms with E-state index in [0.717, 1.165) is 11.6 Å². The average Bonchev–Trinajstić information content (AvgIpc) is 2.87. The Labute approximate surface area is 160 Å². The van der Waals surface area contributed by atoms with Crippen LogP contribution < -0.4 is 10.2 Å². The number of hydrogen-bond donors (Lipinski definition) is 2. The molecular formula is C19H18ClFN2O4. The van der Waals surface area contributed by atoms with Crippen LogP contribution in [-0.2, 0) is 16.1 Å². The number of rotatable bonds is 4. The summed E-state index contributed by atoms with van der Waals surface area (Å²) in [6.07, 6.45) is -1.05. The number of hydrogen-bond acceptors (Lipinski definition) is 4. The second kappa shape index (κ2) is 7.54. The van der Waals surface area contributed by atoms with E-state index in [4.69, 9.17) is 16.3 Å². The molecule has 8 heteroatoms. The van der Waals surface area contributed by atoms with Gasteiger partial charge in [0.2, 0.25) is 0 Å². The molecule has 0 saturated carbocycles. The normalized spacial score (nSPS) is 19.3. The average molecular weight is 393 g/mol. The highest BCUT2D eigenvalue weighted by Crippen LogP contribution is 2.29. The second-order valence-corrected chi connectivity index (χ2v) is 6.79. The number of alkyl carbamates (subject to hydrolysis) is 1. The van der Waals surface area contributed by atoms with Gasteiger partial charge in [-0.05, 0) is 48.4 Å². The number of benzene rings is 2. The van der Waals surface area contributed by atoms with E-state index < -0.39 is 23.6 Å². The van der Waals surface area contributed by atoms with E-state index >= 15 is 0 Å². The molecule has 1 aliphatic heterocycles. The molecule has 0 bridgehead atoms. The number of carbonyl (C=O) groups is 2. The molecule has 27 heavy (non-hydrogen) atoms. The summed E-state index contributed by atoms with van der Waals surface area (Å²) in [5, 5.41) is 13.0. The first-order valence-corrected chi connectivity index (χ1v) is 8.67. The molecule has 1 fully saturated rings. The van der Waals surface area contributed by atoms with Crippen molar-refractivity contribution in [3.05, 3.63) is 64.4 Å². The minimum Gasteiger partial charge on any atom is -0.407 e. The van der Waals surface area contributed by atoms with Gasteiger partial charge in [-0.25, -0.2) is 9.18 Å². The van der Waals surface area contributed by atoms with Crippen LogP contribution in [0.3, 0.4) is 0 Å². The molecule has 1 saturated heterocycles. The van der Waals surface area contributed by atoms with Crippen LogP contribution in [0.1, 0.15) is 17.5 Å². The third-order valence-electron chi connectivity index (χ3n) is 4.19. The lowest BCUT2D eigenvalue weighted by atomic mass is 10.2. The third-order valence-corrected chi connectivity index (χ3v) is 4.41. The van der Waals surface area contributed by atoms with E-state index in [1.807, 2.05) is 13.0 Å². The largest absolute Gasteiger partial charge is 0.410 e. The maximum Gasteiger partial charge on any atom is 0.410 e. The fraction of sp³-hybridized carbons (Fsp3) is 0.263. The van der Waals surface area contributed by atoms with Crippen LogP contribution in [-0.4, -0.2) is 29.4 Å². The smallest absolute Gasteiger partial charge is 0.407 e. The minimum absolute atomic E-state index is 0.0566. The summed E-state index contributed by atoms with van der Waals surface area (Å²) in [6, 6.07) is 11.1. The number of aryl methyl sites for hydroxylation is 1. The fourth-order valence-electron chi connectivity index (χ4n) is 2.90. The first-order chi connectivity index (χ1) is 12.8. The van der Waals surface area contributed by atoms with Crippen molar-refractivity contribution in [3.8, 4) is 0 Å². The quantitative estimate of drug-likeness (QED) is 0.783. The van der Waals surface area contributed by atoms with E-state index in [2.05, 4.69) is 5.32 Å². The molecule has 3 rings (SSSR count). The summed E-state index contributed by atoms with van der Waals surface area (Å²) in [4.78, 5) is 25.9. The first-order valence-electron chi connectivity index (χ1n) is 8.30. The standard InChI is InChI=1S/C19H18ClFN2O4/c1-12-3-2-4-16(7-12)23-6-5-19(26,17(23)24)27-18(25)22-11-13-8-14(20)10-15(21)9-13/h2-4,7-10,26H,5-6,11H2,1H3,(H,22,25)/t19-/m1/s1. The van der Waals surface area contributed by atoms with Gasteiger partial charge in [-0.2, -0.15) is 0 Å². The summed E-state index contributed by atoms with van der Waals surface area (Å²) in [6.45, 7) is 2.03. The number of carbonyl (C=O) groups excluding carboxylic acids is 2. The highest BCUT2D eigenvalue weighted by Gasteiger charge is 2.49. The molecule has 1 aliphatic rings. The number of ether oxygens (including phenoxy) is 1. The van der Waals surface area contributed by atoms with E-state index in [0.29, 0.717) is 11.3 Å². The van der Waals surface area contributed by atoms with Crippen molar-refractivity contribution < 1.29 is 23.8 Å². The van der Waals surface area contributed by atoms with Crippen LogP contribution in [0.5, 0.6) is 0 Å². The Bertz CT molecular complexity index is 872. The molecule has 2 aromatic rings. The molecule has 0 aromatic heterocycles. The summed E-state index contributed by atoms with van der Waals surface area (Å²) >= 11 is 5.76. The Hall–Kier alpha value is -2.64. The fourth-order valence-corrected chi connectivity index (χ4v) is 3.14. The van der Waals surface area contributed by atoms with Crippen molar-refractivity contribution >= 4 is 29.3 Å². The van der Waals surface area contributed by atoms with Gasteiger partial charge < -0.3 is 20.1 Å². The van der Waals surface area contributed by atoms with Crippen LogP contribution >= 0.6 is 11.6 Å². The summed E-state index contributed by atoms with van der Waals surface area (Å²) in [5.74, 6) is -3.49. The van der Waals surface area contributed by atoms with Gasteiger partial charge in [0.25, 0.3) is 11.7 Å². The lowest BCUT2D eigenvalue weighted by Gasteiger charge is -2.22. The molecule has 2 aromatic carbocycles. The van der Waals surface area contributed by atoms with Gasteiger partial charge in [-0.1, -0.05) is 23.7 Å². The highest BCUT2D eigenvalue weighted by atomic mass is 35.5. The van der Waals surface area contributed by atoms with Crippen LogP contribution in [0.15, 0.2) is 42.5 Å². The number of amides is 2. The summed E-state index contributed by atoms with van der Waals surface area (Å²) < 4.78 is 18.3. The lowest BCUT2D eigenvalue weighted by molar-refractivity contribution is -0.175. The van der Waals surface area contributed by atoms with Gasteiger partial charge in [0.15, 0.2) is 0 Å². The van der Waals surface area contributed by atoms with Gasteiger partial charge in [0, 0.05) is 30.2 Å².